The van der Waals surface area contributed by atoms with Crippen LogP contribution >= 0.6 is 0 Å². The van der Waals surface area contributed by atoms with Crippen LogP contribution in [0.2, 0.25) is 0 Å². The van der Waals surface area contributed by atoms with Gasteiger partial charge in [0.15, 0.2) is 0 Å². The molecule has 0 fully saturated rings. The van der Waals surface area contributed by atoms with Crippen molar-refractivity contribution >= 4 is 5.97 Å². The summed E-state index contributed by atoms with van der Waals surface area (Å²) in [6.45, 7) is 7.36. The molecule has 2 atom stereocenters. The third kappa shape index (κ3) is 5.03. The molecule has 1 aromatic carbocycles. The Bertz CT molecular complexity index is 403. The number of carbonyl (C=O) groups is 1. The molecule has 3 heteroatoms. The molecular formula is C16H25NO2. The standard InChI is InChI=1S/C16H25NO2/c1-5-12(2)10-13(3)17-11-14-8-6-7-9-15(14)16(18)19-4/h6-9,12-13,17H,5,10-11H2,1-4H3. The fourth-order valence-electron chi connectivity index (χ4n) is 2.12. The maximum atomic E-state index is 11.7. The normalized spacial score (nSPS) is 13.9. The molecule has 106 valence electrons. The van der Waals surface area contributed by atoms with Gasteiger partial charge in [0.2, 0.25) is 0 Å². The van der Waals surface area contributed by atoms with Gasteiger partial charge in [-0.05, 0) is 30.9 Å². The van der Waals surface area contributed by atoms with Crippen molar-refractivity contribution in [2.45, 2.75) is 46.2 Å². The van der Waals surface area contributed by atoms with E-state index >= 15 is 0 Å². The average molecular weight is 263 g/mol. The number of nitrogens with one attached hydrogen (secondary N) is 1. The highest BCUT2D eigenvalue weighted by Gasteiger charge is 2.12. The molecule has 2 unspecified atom stereocenters. The number of carbonyl (C=O) groups excluding carboxylic acids is 1. The Morgan fingerprint density at radius 2 is 2.00 bits per heavy atom. The SMILES string of the molecule is CCC(C)CC(C)NCc1ccccc1C(=O)OC. The highest BCUT2D eigenvalue weighted by atomic mass is 16.5. The molecule has 1 rings (SSSR count). The van der Waals surface area contributed by atoms with E-state index < -0.39 is 0 Å². The maximum absolute atomic E-state index is 11.7. The topological polar surface area (TPSA) is 38.3 Å². The molecule has 0 radical (unpaired) electrons. The third-order valence-electron chi connectivity index (χ3n) is 3.52. The predicted octanol–water partition coefficient (Wildman–Crippen LogP) is 3.39. The second kappa shape index (κ2) is 7.95. The molecule has 0 saturated carbocycles. The summed E-state index contributed by atoms with van der Waals surface area (Å²) in [6.07, 6.45) is 2.35. The molecule has 0 amide bonds. The molecule has 0 aromatic heterocycles. The van der Waals surface area contributed by atoms with E-state index in [1.165, 1.54) is 13.5 Å². The Morgan fingerprint density at radius 3 is 2.63 bits per heavy atom. The summed E-state index contributed by atoms with van der Waals surface area (Å²) in [6, 6.07) is 8.03. The number of hydrogen-bond donors (Lipinski definition) is 1. The van der Waals surface area contributed by atoms with Crippen molar-refractivity contribution in [2.75, 3.05) is 7.11 Å². The molecule has 19 heavy (non-hydrogen) atoms. The second-order valence-electron chi connectivity index (χ2n) is 5.18. The summed E-state index contributed by atoms with van der Waals surface area (Å²) in [5.41, 5.74) is 1.64. The number of methoxy groups -OCH3 is 1. The summed E-state index contributed by atoms with van der Waals surface area (Å²) >= 11 is 0. The van der Waals surface area contributed by atoms with Gasteiger partial charge in [0, 0.05) is 12.6 Å². The first-order valence-corrected chi connectivity index (χ1v) is 6.98. The summed E-state index contributed by atoms with van der Waals surface area (Å²) in [4.78, 5) is 11.7. The lowest BCUT2D eigenvalue weighted by Gasteiger charge is -2.18. The molecule has 1 N–H and O–H groups in total. The van der Waals surface area contributed by atoms with Crippen LogP contribution in [0.1, 0.15) is 49.5 Å². The second-order valence-corrected chi connectivity index (χ2v) is 5.18. The number of rotatable bonds is 7. The smallest absolute Gasteiger partial charge is 0.338 e. The fourth-order valence-corrected chi connectivity index (χ4v) is 2.12. The van der Waals surface area contributed by atoms with Gasteiger partial charge < -0.3 is 10.1 Å². The van der Waals surface area contributed by atoms with Gasteiger partial charge in [0.05, 0.1) is 12.7 Å². The summed E-state index contributed by atoms with van der Waals surface area (Å²) in [5, 5.41) is 3.48. The number of esters is 1. The summed E-state index contributed by atoms with van der Waals surface area (Å²) < 4.78 is 4.80. The van der Waals surface area contributed by atoms with Crippen LogP contribution < -0.4 is 5.32 Å². The Morgan fingerprint density at radius 1 is 1.32 bits per heavy atom. The molecule has 0 spiro atoms. The zero-order chi connectivity index (χ0) is 14.3. The summed E-state index contributed by atoms with van der Waals surface area (Å²) in [5.74, 6) is 0.449. The van der Waals surface area contributed by atoms with Crippen molar-refractivity contribution < 1.29 is 9.53 Å². The Hall–Kier alpha value is -1.35. The van der Waals surface area contributed by atoms with Gasteiger partial charge in [-0.1, -0.05) is 38.5 Å². The minimum absolute atomic E-state index is 0.271. The maximum Gasteiger partial charge on any atom is 0.338 e. The first-order chi connectivity index (χ1) is 9.08. The van der Waals surface area contributed by atoms with Gasteiger partial charge in [-0.2, -0.15) is 0 Å². The minimum Gasteiger partial charge on any atom is -0.465 e. The average Bonchev–Trinajstić information content (AvgIpc) is 2.44. The van der Waals surface area contributed by atoms with Gasteiger partial charge in [-0.3, -0.25) is 0 Å². The van der Waals surface area contributed by atoms with Crippen LogP contribution in [-0.4, -0.2) is 19.1 Å². The molecule has 0 bridgehead atoms. The van der Waals surface area contributed by atoms with Crippen LogP contribution in [0.3, 0.4) is 0 Å². The quantitative estimate of drug-likeness (QED) is 0.766. The molecule has 0 heterocycles. The van der Waals surface area contributed by atoms with Gasteiger partial charge in [-0.25, -0.2) is 4.79 Å². The van der Waals surface area contributed by atoms with Crippen LogP contribution in [-0.2, 0) is 11.3 Å². The van der Waals surface area contributed by atoms with Crippen LogP contribution in [0.15, 0.2) is 24.3 Å². The van der Waals surface area contributed by atoms with Gasteiger partial charge in [0.25, 0.3) is 0 Å². The van der Waals surface area contributed by atoms with Crippen molar-refractivity contribution in [3.63, 3.8) is 0 Å². The van der Waals surface area contributed by atoms with Gasteiger partial charge in [0.1, 0.15) is 0 Å². The van der Waals surface area contributed by atoms with E-state index in [0.717, 1.165) is 17.9 Å². The Balaban J connectivity index is 2.60. The molecule has 0 saturated heterocycles. The fraction of sp³-hybridized carbons (Fsp3) is 0.562. The molecular weight excluding hydrogens is 238 g/mol. The minimum atomic E-state index is -0.271. The van der Waals surface area contributed by atoms with Crippen molar-refractivity contribution in [1.82, 2.24) is 5.32 Å². The van der Waals surface area contributed by atoms with Crippen molar-refractivity contribution in [3.8, 4) is 0 Å². The van der Waals surface area contributed by atoms with Crippen LogP contribution in [0.25, 0.3) is 0 Å². The molecule has 1 aromatic rings. The van der Waals surface area contributed by atoms with Crippen LogP contribution in [0.4, 0.5) is 0 Å². The zero-order valence-electron chi connectivity index (χ0n) is 12.4. The molecule has 0 aliphatic carbocycles. The molecule has 3 nitrogen and oxygen atoms in total. The summed E-state index contributed by atoms with van der Waals surface area (Å²) in [7, 11) is 1.41. The lowest BCUT2D eigenvalue weighted by molar-refractivity contribution is 0.0599. The lowest BCUT2D eigenvalue weighted by Crippen LogP contribution is -2.28. The van der Waals surface area contributed by atoms with Crippen LogP contribution in [0, 0.1) is 5.92 Å². The predicted molar refractivity (Wildman–Crippen MR) is 78.2 cm³/mol. The van der Waals surface area contributed by atoms with Gasteiger partial charge in [-0.15, -0.1) is 0 Å². The van der Waals surface area contributed by atoms with Crippen molar-refractivity contribution in [3.05, 3.63) is 35.4 Å². The van der Waals surface area contributed by atoms with E-state index in [-0.39, 0.29) is 5.97 Å². The highest BCUT2D eigenvalue weighted by Crippen LogP contribution is 2.13. The number of hydrogen-bond acceptors (Lipinski definition) is 3. The van der Waals surface area contributed by atoms with Crippen molar-refractivity contribution in [1.29, 1.82) is 0 Å². The van der Waals surface area contributed by atoms with E-state index in [0.29, 0.717) is 18.2 Å². The lowest BCUT2D eigenvalue weighted by atomic mass is 10.00. The highest BCUT2D eigenvalue weighted by molar-refractivity contribution is 5.90. The Labute approximate surface area is 116 Å². The largest absolute Gasteiger partial charge is 0.465 e. The van der Waals surface area contributed by atoms with Crippen molar-refractivity contribution in [2.24, 2.45) is 5.92 Å². The van der Waals surface area contributed by atoms with E-state index in [4.69, 9.17) is 4.74 Å². The third-order valence-corrected chi connectivity index (χ3v) is 3.52. The van der Waals surface area contributed by atoms with E-state index in [1.807, 2.05) is 24.3 Å². The Kier molecular flexibility index (Phi) is 6.57. The number of benzene rings is 1. The van der Waals surface area contributed by atoms with E-state index in [2.05, 4.69) is 26.1 Å². The van der Waals surface area contributed by atoms with E-state index in [9.17, 15) is 4.79 Å². The zero-order valence-corrected chi connectivity index (χ0v) is 12.4. The first-order valence-electron chi connectivity index (χ1n) is 6.98. The van der Waals surface area contributed by atoms with Crippen LogP contribution in [0.5, 0.6) is 0 Å². The molecule has 0 aliphatic rings. The molecule has 0 aliphatic heterocycles. The van der Waals surface area contributed by atoms with E-state index in [1.54, 1.807) is 0 Å². The monoisotopic (exact) mass is 263 g/mol. The van der Waals surface area contributed by atoms with Gasteiger partial charge >= 0.3 is 5.97 Å². The number of ether oxygens (including phenoxy) is 1. The first kappa shape index (κ1) is 15.7.